The lowest BCUT2D eigenvalue weighted by Gasteiger charge is -2.37. The van der Waals surface area contributed by atoms with Gasteiger partial charge in [-0.05, 0) is 50.1 Å². The van der Waals surface area contributed by atoms with Gasteiger partial charge in [-0.25, -0.2) is 9.40 Å². The van der Waals surface area contributed by atoms with Gasteiger partial charge in [0.15, 0.2) is 0 Å². The van der Waals surface area contributed by atoms with Crippen molar-refractivity contribution in [3.05, 3.63) is 65.5 Å². The molecule has 0 saturated heterocycles. The molecule has 1 aliphatic heterocycles. The van der Waals surface area contributed by atoms with Crippen LogP contribution < -0.4 is 10.3 Å². The molecule has 0 saturated carbocycles. The number of carbonyl (C=O) groups is 1. The molecule has 2 aromatic rings. The monoisotopic (exact) mass is 425 g/mol. The number of unbranched alkanes of at least 4 members (excludes halogenated alkanes) is 1. The Morgan fingerprint density at radius 2 is 2.00 bits per heavy atom. The van der Waals surface area contributed by atoms with Crippen LogP contribution in [-0.2, 0) is 9.53 Å². The number of nitrogens with zero attached hydrogens (tertiary/aromatic N) is 2. The molecule has 0 aromatic heterocycles. The number of nitrogens with one attached hydrogen (secondary N) is 1. The van der Waals surface area contributed by atoms with E-state index in [-0.39, 0.29) is 17.6 Å². The predicted octanol–water partition coefficient (Wildman–Crippen LogP) is 4.69. The van der Waals surface area contributed by atoms with Gasteiger partial charge in [0.05, 0.1) is 18.0 Å². The maximum absolute atomic E-state index is 15.0. The van der Waals surface area contributed by atoms with E-state index in [0.29, 0.717) is 24.4 Å². The molecule has 166 valence electrons. The van der Waals surface area contributed by atoms with E-state index in [4.69, 9.17) is 9.84 Å². The highest BCUT2D eigenvalue weighted by atomic mass is 19.1. The number of hydrogen-bond acceptors (Lipinski definition) is 4. The number of benzene rings is 2. The van der Waals surface area contributed by atoms with E-state index in [1.165, 1.54) is 6.07 Å². The predicted molar refractivity (Wildman–Crippen MR) is 123 cm³/mol. The normalized spacial score (nSPS) is 20.6. The number of ether oxygens (including phenoxy) is 1. The lowest BCUT2D eigenvalue weighted by molar-refractivity contribution is -0.127. The van der Waals surface area contributed by atoms with Gasteiger partial charge in [0.2, 0.25) is 5.91 Å². The fourth-order valence-electron chi connectivity index (χ4n) is 4.19. The largest absolute Gasteiger partial charge is 0.383 e. The fourth-order valence-corrected chi connectivity index (χ4v) is 4.19. The van der Waals surface area contributed by atoms with Gasteiger partial charge < -0.3 is 10.1 Å². The van der Waals surface area contributed by atoms with E-state index in [1.54, 1.807) is 18.2 Å². The topological polar surface area (TPSA) is 53.9 Å². The first kappa shape index (κ1) is 22.9. The first-order valence-electron chi connectivity index (χ1n) is 10.9. The van der Waals surface area contributed by atoms with Crippen LogP contribution in [0.4, 0.5) is 10.1 Å². The van der Waals surface area contributed by atoms with Crippen molar-refractivity contribution in [2.75, 3.05) is 25.3 Å². The minimum Gasteiger partial charge on any atom is -0.383 e. The molecule has 0 spiro atoms. The second-order valence-corrected chi connectivity index (χ2v) is 8.21. The second kappa shape index (κ2) is 10.1. The molecule has 2 aromatic carbocycles. The minimum absolute atomic E-state index is 0.138. The van der Waals surface area contributed by atoms with E-state index >= 15 is 4.39 Å². The summed E-state index contributed by atoms with van der Waals surface area (Å²) in [7, 11) is 1.60. The van der Waals surface area contributed by atoms with Crippen LogP contribution >= 0.6 is 0 Å². The van der Waals surface area contributed by atoms with Gasteiger partial charge in [-0.15, -0.1) is 0 Å². The molecular weight excluding hydrogens is 393 g/mol. The van der Waals surface area contributed by atoms with E-state index in [2.05, 4.69) is 12.2 Å². The highest BCUT2D eigenvalue weighted by molar-refractivity contribution is 6.10. The van der Waals surface area contributed by atoms with Gasteiger partial charge in [-0.1, -0.05) is 44.0 Å². The van der Waals surface area contributed by atoms with Crippen LogP contribution in [0.15, 0.2) is 53.6 Å². The zero-order valence-corrected chi connectivity index (χ0v) is 18.8. The van der Waals surface area contributed by atoms with Crippen LogP contribution in [0.3, 0.4) is 0 Å². The quantitative estimate of drug-likeness (QED) is 0.593. The molecule has 2 atom stereocenters. The summed E-state index contributed by atoms with van der Waals surface area (Å²) in [6.07, 6.45) is 2.63. The van der Waals surface area contributed by atoms with E-state index < -0.39 is 5.54 Å². The first-order valence-corrected chi connectivity index (χ1v) is 10.9. The number of para-hydroxylation sites is 1. The van der Waals surface area contributed by atoms with Gasteiger partial charge in [0.1, 0.15) is 11.4 Å². The molecule has 6 heteroatoms. The van der Waals surface area contributed by atoms with E-state index in [9.17, 15) is 4.79 Å². The number of halogens is 1. The molecule has 2 unspecified atom stereocenters. The third-order valence-corrected chi connectivity index (χ3v) is 5.96. The molecule has 0 radical (unpaired) electrons. The number of methoxy groups -OCH3 is 1. The number of rotatable bonds is 9. The standard InChI is InChI=1S/C25H32FN3O2/c1-5-6-12-21-23(20-14-13-18(2)17-22(20)26)28-29(19-10-8-7-9-11-19)25(21,3)24(30)27-15-16-31-4/h7-11,13-14,17,21H,5-6,12,15-16H2,1-4H3,(H,27,30). The van der Waals surface area contributed by atoms with Crippen LogP contribution in [0.1, 0.15) is 44.2 Å². The summed E-state index contributed by atoms with van der Waals surface area (Å²) in [6.45, 7) is 6.71. The number of aryl methyl sites for hydroxylation is 1. The van der Waals surface area contributed by atoms with E-state index in [0.717, 1.165) is 30.5 Å². The first-order chi connectivity index (χ1) is 14.9. The molecule has 1 amide bonds. The third kappa shape index (κ3) is 4.64. The Bertz CT molecular complexity index is 932. The molecular formula is C25H32FN3O2. The van der Waals surface area contributed by atoms with Crippen molar-refractivity contribution in [3.8, 4) is 0 Å². The van der Waals surface area contributed by atoms with Crippen molar-refractivity contribution in [1.82, 2.24) is 5.32 Å². The fraction of sp³-hybridized carbons (Fsp3) is 0.440. The van der Waals surface area contributed by atoms with Crippen LogP contribution in [-0.4, -0.2) is 37.4 Å². The molecule has 1 N–H and O–H groups in total. The summed E-state index contributed by atoms with van der Waals surface area (Å²) in [4.78, 5) is 13.5. The molecule has 0 bridgehead atoms. The Morgan fingerprint density at radius 1 is 1.26 bits per heavy atom. The van der Waals surface area contributed by atoms with Crippen LogP contribution in [0, 0.1) is 18.7 Å². The van der Waals surface area contributed by atoms with Crippen molar-refractivity contribution in [2.45, 2.75) is 45.6 Å². The Kier molecular flexibility index (Phi) is 7.44. The Morgan fingerprint density at radius 3 is 2.65 bits per heavy atom. The van der Waals surface area contributed by atoms with Crippen molar-refractivity contribution >= 4 is 17.3 Å². The lowest BCUT2D eigenvalue weighted by Crippen LogP contribution is -2.58. The smallest absolute Gasteiger partial charge is 0.248 e. The number of anilines is 1. The summed E-state index contributed by atoms with van der Waals surface area (Å²) in [5, 5.41) is 9.64. The zero-order chi connectivity index (χ0) is 22.4. The minimum atomic E-state index is -0.989. The molecule has 5 nitrogen and oxygen atoms in total. The van der Waals surface area contributed by atoms with Gasteiger partial charge in [0.25, 0.3) is 0 Å². The Balaban J connectivity index is 2.11. The van der Waals surface area contributed by atoms with Crippen LogP contribution in [0.25, 0.3) is 0 Å². The summed E-state index contributed by atoms with van der Waals surface area (Å²) in [6, 6.07) is 14.8. The van der Waals surface area contributed by atoms with Gasteiger partial charge in [0, 0.05) is 25.1 Å². The molecule has 1 aliphatic rings. The average molecular weight is 426 g/mol. The number of carbonyl (C=O) groups excluding carboxylic acids is 1. The van der Waals surface area contributed by atoms with Crippen molar-refractivity contribution in [2.24, 2.45) is 11.0 Å². The summed E-state index contributed by atoms with van der Waals surface area (Å²) in [5.74, 6) is -0.703. The summed E-state index contributed by atoms with van der Waals surface area (Å²) >= 11 is 0. The number of hydrogen-bond donors (Lipinski definition) is 1. The Labute approximate surface area is 184 Å². The van der Waals surface area contributed by atoms with Crippen molar-refractivity contribution in [3.63, 3.8) is 0 Å². The Hall–Kier alpha value is -2.73. The lowest BCUT2D eigenvalue weighted by atomic mass is 9.76. The van der Waals surface area contributed by atoms with Crippen molar-refractivity contribution < 1.29 is 13.9 Å². The van der Waals surface area contributed by atoms with Crippen LogP contribution in [0.2, 0.25) is 0 Å². The second-order valence-electron chi connectivity index (χ2n) is 8.21. The molecule has 3 rings (SSSR count). The number of amides is 1. The van der Waals surface area contributed by atoms with Crippen LogP contribution in [0.5, 0.6) is 0 Å². The molecule has 31 heavy (non-hydrogen) atoms. The average Bonchev–Trinajstić information content (AvgIpc) is 3.06. The van der Waals surface area contributed by atoms with Gasteiger partial charge >= 0.3 is 0 Å². The highest BCUT2D eigenvalue weighted by Crippen LogP contribution is 2.42. The van der Waals surface area contributed by atoms with Crippen molar-refractivity contribution in [1.29, 1.82) is 0 Å². The van der Waals surface area contributed by atoms with E-state index in [1.807, 2.05) is 50.2 Å². The van der Waals surface area contributed by atoms with Gasteiger partial charge in [-0.2, -0.15) is 5.10 Å². The number of hydrazone groups is 1. The molecule has 0 fully saturated rings. The summed E-state index contributed by atoms with van der Waals surface area (Å²) in [5.41, 5.74) is 1.75. The molecule has 0 aliphatic carbocycles. The SMILES string of the molecule is CCCCC1C(c2ccc(C)cc2F)=NN(c2ccccc2)C1(C)C(=O)NCCOC. The highest BCUT2D eigenvalue weighted by Gasteiger charge is 2.53. The molecule has 1 heterocycles. The maximum Gasteiger partial charge on any atom is 0.248 e. The third-order valence-electron chi connectivity index (χ3n) is 5.96. The zero-order valence-electron chi connectivity index (χ0n) is 18.8. The summed E-state index contributed by atoms with van der Waals surface area (Å²) < 4.78 is 20.1. The van der Waals surface area contributed by atoms with Gasteiger partial charge in [-0.3, -0.25) is 4.79 Å². The maximum atomic E-state index is 15.0.